The summed E-state index contributed by atoms with van der Waals surface area (Å²) in [5.41, 5.74) is 0.186. The lowest BCUT2D eigenvalue weighted by Crippen LogP contribution is -2.28. The molecule has 3 atom stereocenters. The number of H-pyrrole nitrogens is 1. The first kappa shape index (κ1) is 12.7. The predicted octanol–water partition coefficient (Wildman–Crippen LogP) is -0.0334. The van der Waals surface area contributed by atoms with Crippen molar-refractivity contribution in [1.82, 2.24) is 14.8 Å². The van der Waals surface area contributed by atoms with E-state index in [-0.39, 0.29) is 22.9 Å². The summed E-state index contributed by atoms with van der Waals surface area (Å²) < 4.78 is 1.61. The monoisotopic (exact) mass is 275 g/mol. The molecule has 0 spiro atoms. The molecule has 1 aliphatic heterocycles. The summed E-state index contributed by atoms with van der Waals surface area (Å²) in [5.74, 6) is 0. The number of nitrogens with one attached hydrogen (secondary N) is 1. The zero-order chi connectivity index (χ0) is 12.6. The minimum Gasteiger partial charge on any atom is -0.395 e. The Morgan fingerprint density at radius 3 is 3.00 bits per heavy atom. The van der Waals surface area contributed by atoms with E-state index in [4.69, 9.17) is 17.3 Å². The quantitative estimate of drug-likeness (QED) is 0.656. The lowest BCUT2D eigenvalue weighted by molar-refractivity contribution is 0.136. The fourth-order valence-corrected chi connectivity index (χ4v) is 3.20. The summed E-state index contributed by atoms with van der Waals surface area (Å²) in [6.45, 7) is 1.60. The number of aryl methyl sites for hydroxylation is 1. The second kappa shape index (κ2) is 4.89. The van der Waals surface area contributed by atoms with Gasteiger partial charge in [0.05, 0.1) is 23.7 Å². The van der Waals surface area contributed by atoms with E-state index in [0.717, 1.165) is 0 Å². The van der Waals surface area contributed by atoms with Crippen LogP contribution >= 0.6 is 24.0 Å². The molecule has 0 unspecified atom stereocenters. The predicted molar refractivity (Wildman–Crippen MR) is 66.5 cm³/mol. The van der Waals surface area contributed by atoms with Crippen LogP contribution in [-0.4, -0.2) is 42.9 Å². The Morgan fingerprint density at radius 1 is 1.71 bits per heavy atom. The molecule has 0 amide bonds. The fraction of sp³-hybridized carbons (Fsp3) is 0.667. The van der Waals surface area contributed by atoms with E-state index in [1.165, 1.54) is 16.4 Å². The van der Waals surface area contributed by atoms with Gasteiger partial charge in [0.15, 0.2) is 0 Å². The minimum atomic E-state index is -0.618. The van der Waals surface area contributed by atoms with E-state index in [9.17, 15) is 9.90 Å². The highest BCUT2D eigenvalue weighted by molar-refractivity contribution is 8.00. The molecule has 0 aliphatic carbocycles. The molecule has 0 saturated carbocycles. The van der Waals surface area contributed by atoms with E-state index >= 15 is 0 Å². The van der Waals surface area contributed by atoms with Gasteiger partial charge in [0.1, 0.15) is 10.0 Å². The lowest BCUT2D eigenvalue weighted by Gasteiger charge is -2.11. The van der Waals surface area contributed by atoms with Crippen LogP contribution in [0.3, 0.4) is 0 Å². The van der Waals surface area contributed by atoms with Gasteiger partial charge in [-0.1, -0.05) is 12.2 Å². The Kier molecular flexibility index (Phi) is 3.67. The maximum atomic E-state index is 11.7. The number of aromatic nitrogens is 3. The fourth-order valence-electron chi connectivity index (χ4n) is 1.72. The minimum absolute atomic E-state index is 0.112. The molecule has 8 heteroatoms. The first-order valence-electron chi connectivity index (χ1n) is 5.17. The Balaban J connectivity index is 2.34. The van der Waals surface area contributed by atoms with E-state index in [1.54, 1.807) is 6.92 Å². The van der Waals surface area contributed by atoms with Gasteiger partial charge < -0.3 is 10.2 Å². The number of aromatic amines is 1. The normalized spacial score (nSPS) is 28.5. The van der Waals surface area contributed by atoms with Crippen molar-refractivity contribution in [1.29, 1.82) is 0 Å². The first-order valence-corrected chi connectivity index (χ1v) is 6.52. The molecule has 17 heavy (non-hydrogen) atoms. The second-order valence-electron chi connectivity index (χ2n) is 3.90. The van der Waals surface area contributed by atoms with Gasteiger partial charge in [-0.25, -0.2) is 9.48 Å². The molecule has 1 fully saturated rings. The van der Waals surface area contributed by atoms with Gasteiger partial charge in [0.25, 0.3) is 0 Å². The average Bonchev–Trinajstić information content (AvgIpc) is 2.65. The largest absolute Gasteiger partial charge is 0.395 e. The molecule has 1 aliphatic rings. The van der Waals surface area contributed by atoms with Crippen molar-refractivity contribution in [2.45, 2.75) is 30.1 Å². The van der Waals surface area contributed by atoms with Crippen LogP contribution in [0.15, 0.2) is 4.79 Å². The molecular formula is C9H13N3O3S2. The summed E-state index contributed by atoms with van der Waals surface area (Å²) in [6, 6.07) is 0. The van der Waals surface area contributed by atoms with Crippen molar-refractivity contribution in [2.24, 2.45) is 0 Å². The Morgan fingerprint density at radius 2 is 2.41 bits per heavy atom. The van der Waals surface area contributed by atoms with Crippen molar-refractivity contribution in [3.05, 3.63) is 20.8 Å². The molecule has 94 valence electrons. The van der Waals surface area contributed by atoms with Crippen molar-refractivity contribution >= 4 is 24.0 Å². The zero-order valence-corrected chi connectivity index (χ0v) is 10.8. The first-order chi connectivity index (χ1) is 8.02. The maximum Gasteiger partial charge on any atom is 0.344 e. The van der Waals surface area contributed by atoms with Crippen molar-refractivity contribution in [2.75, 3.05) is 6.61 Å². The third kappa shape index (κ3) is 2.44. The lowest BCUT2D eigenvalue weighted by atomic mass is 10.2. The van der Waals surface area contributed by atoms with Crippen molar-refractivity contribution in [3.8, 4) is 0 Å². The number of aliphatic hydroxyl groups is 2. The van der Waals surface area contributed by atoms with Crippen LogP contribution in [0.4, 0.5) is 0 Å². The number of nitrogens with zero attached hydrogens (tertiary/aromatic N) is 2. The molecular weight excluding hydrogens is 262 g/mol. The van der Waals surface area contributed by atoms with Gasteiger partial charge >= 0.3 is 5.69 Å². The number of hydrogen-bond acceptors (Lipinski definition) is 6. The summed E-state index contributed by atoms with van der Waals surface area (Å²) in [6.07, 6.45) is -0.223. The smallest absolute Gasteiger partial charge is 0.344 e. The Hall–Kier alpha value is -0.700. The summed E-state index contributed by atoms with van der Waals surface area (Å²) in [4.78, 5) is 14.2. The summed E-state index contributed by atoms with van der Waals surface area (Å²) in [5, 5.41) is 22.3. The summed E-state index contributed by atoms with van der Waals surface area (Å²) >= 11 is 6.26. The average molecular weight is 275 g/mol. The van der Waals surface area contributed by atoms with Gasteiger partial charge in [-0.15, -0.1) is 11.8 Å². The SMILES string of the molecule is Cc1nn([C@H]2C[C@H](O)[C@@H](CO)S2)c(=O)[nH]c1=S. The van der Waals surface area contributed by atoms with Gasteiger partial charge in [-0.2, -0.15) is 5.10 Å². The Labute approximate surface area is 107 Å². The van der Waals surface area contributed by atoms with Crippen LogP contribution in [-0.2, 0) is 0 Å². The third-order valence-corrected chi connectivity index (χ3v) is 4.59. The van der Waals surface area contributed by atoms with Crippen LogP contribution in [0.5, 0.6) is 0 Å². The van der Waals surface area contributed by atoms with Crippen molar-refractivity contribution in [3.63, 3.8) is 0 Å². The molecule has 1 aromatic heterocycles. The number of rotatable bonds is 2. The third-order valence-electron chi connectivity index (χ3n) is 2.67. The van der Waals surface area contributed by atoms with E-state index in [2.05, 4.69) is 10.1 Å². The molecule has 0 radical (unpaired) electrons. The summed E-state index contributed by atoms with van der Waals surface area (Å²) in [7, 11) is 0. The highest BCUT2D eigenvalue weighted by Crippen LogP contribution is 2.40. The molecule has 3 N–H and O–H groups in total. The van der Waals surface area contributed by atoms with Crippen LogP contribution in [0.25, 0.3) is 0 Å². The molecule has 6 nitrogen and oxygen atoms in total. The highest BCUT2D eigenvalue weighted by atomic mass is 32.2. The molecule has 0 aromatic carbocycles. The van der Waals surface area contributed by atoms with Gasteiger partial charge in [0, 0.05) is 6.42 Å². The number of aliphatic hydroxyl groups excluding tert-OH is 2. The number of thioether (sulfide) groups is 1. The van der Waals surface area contributed by atoms with E-state index in [1.807, 2.05) is 0 Å². The van der Waals surface area contributed by atoms with Crippen LogP contribution < -0.4 is 5.69 Å². The Bertz CT molecular complexity index is 527. The van der Waals surface area contributed by atoms with Gasteiger partial charge in [-0.3, -0.25) is 4.98 Å². The number of hydrogen-bond donors (Lipinski definition) is 3. The molecule has 2 heterocycles. The van der Waals surface area contributed by atoms with E-state index < -0.39 is 6.10 Å². The molecule has 0 bridgehead atoms. The van der Waals surface area contributed by atoms with E-state index in [0.29, 0.717) is 16.8 Å². The maximum absolute atomic E-state index is 11.7. The topological polar surface area (TPSA) is 91.1 Å². The molecule has 2 rings (SSSR count). The second-order valence-corrected chi connectivity index (χ2v) is 5.73. The molecule has 1 saturated heterocycles. The van der Waals surface area contributed by atoms with Crippen molar-refractivity contribution < 1.29 is 10.2 Å². The highest BCUT2D eigenvalue weighted by Gasteiger charge is 2.35. The molecule has 1 aromatic rings. The zero-order valence-electron chi connectivity index (χ0n) is 9.16. The van der Waals surface area contributed by atoms with Gasteiger partial charge in [-0.05, 0) is 6.92 Å². The standard InChI is InChI=1S/C9H13N3O3S2/c1-4-8(16)10-9(15)12(11-4)7-2-5(14)6(3-13)17-7/h5-7,13-14H,2-3H2,1H3,(H,10,15,16)/t5-,6+,7+/m0/s1. The van der Waals surface area contributed by atoms with Crippen LogP contribution in [0, 0.1) is 11.6 Å². The van der Waals surface area contributed by atoms with Gasteiger partial charge in [0.2, 0.25) is 0 Å². The van der Waals surface area contributed by atoms with Crippen LogP contribution in [0.1, 0.15) is 17.5 Å². The van der Waals surface area contributed by atoms with Crippen LogP contribution in [0.2, 0.25) is 0 Å².